The second-order valence-corrected chi connectivity index (χ2v) is 5.15. The summed E-state index contributed by atoms with van der Waals surface area (Å²) >= 11 is 0. The Kier molecular flexibility index (Phi) is 2.74. The van der Waals surface area contributed by atoms with E-state index in [-0.39, 0.29) is 0 Å². The van der Waals surface area contributed by atoms with E-state index in [0.717, 1.165) is 39.6 Å². The van der Waals surface area contributed by atoms with E-state index in [9.17, 15) is 0 Å². The topological polar surface area (TPSA) is 26.0 Å². The van der Waals surface area contributed by atoms with Gasteiger partial charge in [-0.1, -0.05) is 43.3 Å². The molecule has 0 amide bonds. The normalized spacial score (nSPS) is 11.3. The van der Waals surface area contributed by atoms with Gasteiger partial charge in [0.2, 0.25) is 0 Å². The molecule has 0 spiro atoms. The van der Waals surface area contributed by atoms with Gasteiger partial charge >= 0.3 is 0 Å². The molecule has 2 aromatic heterocycles. The van der Waals surface area contributed by atoms with Gasteiger partial charge in [-0.15, -0.1) is 0 Å². The molecule has 2 aromatic carbocycles. The van der Waals surface area contributed by atoms with Crippen molar-refractivity contribution in [2.45, 2.75) is 13.3 Å². The highest BCUT2D eigenvalue weighted by Gasteiger charge is 2.14. The fourth-order valence-electron chi connectivity index (χ4n) is 2.90. The van der Waals surface area contributed by atoms with Gasteiger partial charge in [0.05, 0.1) is 5.69 Å². The fourth-order valence-corrected chi connectivity index (χ4v) is 2.90. The number of para-hydroxylation sites is 2. The Hall–Kier alpha value is -2.61. The highest BCUT2D eigenvalue weighted by atomic mass is 16.3. The van der Waals surface area contributed by atoms with Crippen LogP contribution >= 0.6 is 0 Å². The minimum Gasteiger partial charge on any atom is -0.455 e. The second-order valence-electron chi connectivity index (χ2n) is 5.15. The van der Waals surface area contributed by atoms with E-state index in [0.29, 0.717) is 0 Å². The lowest BCUT2D eigenvalue weighted by Gasteiger charge is -2.06. The van der Waals surface area contributed by atoms with E-state index in [2.05, 4.69) is 42.2 Å². The van der Waals surface area contributed by atoms with Crippen molar-refractivity contribution in [2.75, 3.05) is 0 Å². The molecule has 21 heavy (non-hydrogen) atoms. The minimum atomic E-state index is 0.923. The summed E-state index contributed by atoms with van der Waals surface area (Å²) < 4.78 is 6.10. The molecule has 0 N–H and O–H groups in total. The van der Waals surface area contributed by atoms with Crippen LogP contribution in [0.2, 0.25) is 0 Å². The first-order chi connectivity index (χ1) is 10.4. The van der Waals surface area contributed by atoms with Crippen LogP contribution in [0, 0.1) is 0 Å². The quantitative estimate of drug-likeness (QED) is 0.501. The smallest absolute Gasteiger partial charge is 0.144 e. The van der Waals surface area contributed by atoms with Gasteiger partial charge < -0.3 is 4.42 Å². The third-order valence-electron chi connectivity index (χ3n) is 3.93. The van der Waals surface area contributed by atoms with Gasteiger partial charge in [-0.2, -0.15) is 0 Å². The van der Waals surface area contributed by atoms with Crippen molar-refractivity contribution in [1.29, 1.82) is 0 Å². The maximum atomic E-state index is 6.10. The van der Waals surface area contributed by atoms with E-state index in [1.54, 1.807) is 0 Å². The van der Waals surface area contributed by atoms with Crippen molar-refractivity contribution in [1.82, 2.24) is 4.98 Å². The summed E-state index contributed by atoms with van der Waals surface area (Å²) in [5, 5.41) is 2.30. The number of furan rings is 1. The highest BCUT2D eigenvalue weighted by Crippen LogP contribution is 2.35. The highest BCUT2D eigenvalue weighted by molar-refractivity contribution is 6.09. The SMILES string of the molecule is CCc1cccnc1-c1cccc2c1oc1ccccc12. The Bertz CT molecular complexity index is 937. The Balaban J connectivity index is 2.10. The predicted octanol–water partition coefficient (Wildman–Crippen LogP) is 5.21. The molecular formula is C19H15NO. The molecule has 2 heterocycles. The maximum absolute atomic E-state index is 6.10. The summed E-state index contributed by atoms with van der Waals surface area (Å²) in [5.41, 5.74) is 5.18. The van der Waals surface area contributed by atoms with Crippen LogP contribution in [0.3, 0.4) is 0 Å². The summed E-state index contributed by atoms with van der Waals surface area (Å²) in [6.45, 7) is 2.15. The van der Waals surface area contributed by atoms with E-state index in [4.69, 9.17) is 4.42 Å². The minimum absolute atomic E-state index is 0.923. The number of fused-ring (bicyclic) bond motifs is 3. The lowest BCUT2D eigenvalue weighted by molar-refractivity contribution is 0.669. The van der Waals surface area contributed by atoms with Crippen LogP contribution in [0.4, 0.5) is 0 Å². The Morgan fingerprint density at radius 1 is 0.905 bits per heavy atom. The first kappa shape index (κ1) is 12.2. The predicted molar refractivity (Wildman–Crippen MR) is 86.3 cm³/mol. The van der Waals surface area contributed by atoms with Gasteiger partial charge in [0, 0.05) is 22.5 Å². The number of hydrogen-bond donors (Lipinski definition) is 0. The molecule has 0 bridgehead atoms. The largest absolute Gasteiger partial charge is 0.455 e. The van der Waals surface area contributed by atoms with Crippen molar-refractivity contribution in [3.8, 4) is 11.3 Å². The van der Waals surface area contributed by atoms with Gasteiger partial charge in [-0.3, -0.25) is 4.98 Å². The molecule has 4 aromatic rings. The third-order valence-corrected chi connectivity index (χ3v) is 3.93. The average Bonchev–Trinajstić information content (AvgIpc) is 2.93. The molecule has 0 radical (unpaired) electrons. The molecule has 102 valence electrons. The van der Waals surface area contributed by atoms with Crippen molar-refractivity contribution in [2.24, 2.45) is 0 Å². The lowest BCUT2D eigenvalue weighted by Crippen LogP contribution is -1.91. The maximum Gasteiger partial charge on any atom is 0.144 e. The molecule has 2 heteroatoms. The molecule has 0 saturated heterocycles. The first-order valence-corrected chi connectivity index (χ1v) is 7.23. The van der Waals surface area contributed by atoms with Crippen LogP contribution in [0.15, 0.2) is 65.2 Å². The van der Waals surface area contributed by atoms with Crippen LogP contribution in [-0.4, -0.2) is 4.98 Å². The summed E-state index contributed by atoms with van der Waals surface area (Å²) in [7, 11) is 0. The van der Waals surface area contributed by atoms with Gasteiger partial charge in [0.15, 0.2) is 0 Å². The van der Waals surface area contributed by atoms with Crippen LogP contribution in [0.25, 0.3) is 33.2 Å². The van der Waals surface area contributed by atoms with Crippen molar-refractivity contribution in [3.05, 3.63) is 66.4 Å². The van der Waals surface area contributed by atoms with E-state index in [1.165, 1.54) is 5.56 Å². The summed E-state index contributed by atoms with van der Waals surface area (Å²) in [5.74, 6) is 0. The van der Waals surface area contributed by atoms with Gasteiger partial charge in [0.25, 0.3) is 0 Å². The lowest BCUT2D eigenvalue weighted by atomic mass is 10.0. The molecular weight excluding hydrogens is 258 g/mol. The van der Waals surface area contributed by atoms with Crippen LogP contribution in [-0.2, 0) is 6.42 Å². The molecule has 4 rings (SSSR count). The monoisotopic (exact) mass is 273 g/mol. The number of rotatable bonds is 2. The molecule has 0 aliphatic heterocycles. The van der Waals surface area contributed by atoms with Crippen molar-refractivity contribution >= 4 is 21.9 Å². The van der Waals surface area contributed by atoms with Gasteiger partial charge in [-0.05, 0) is 30.2 Å². The van der Waals surface area contributed by atoms with Crippen molar-refractivity contribution in [3.63, 3.8) is 0 Å². The van der Waals surface area contributed by atoms with Crippen LogP contribution < -0.4 is 0 Å². The number of hydrogen-bond acceptors (Lipinski definition) is 2. The zero-order chi connectivity index (χ0) is 14.2. The molecule has 0 aliphatic carbocycles. The summed E-state index contributed by atoms with van der Waals surface area (Å²) in [4.78, 5) is 4.58. The Morgan fingerprint density at radius 2 is 1.76 bits per heavy atom. The van der Waals surface area contributed by atoms with Crippen LogP contribution in [0.1, 0.15) is 12.5 Å². The molecule has 0 fully saturated rings. The molecule has 0 atom stereocenters. The number of benzene rings is 2. The first-order valence-electron chi connectivity index (χ1n) is 7.23. The molecule has 0 aliphatic rings. The Morgan fingerprint density at radius 3 is 2.67 bits per heavy atom. The molecule has 0 saturated carbocycles. The second kappa shape index (κ2) is 4.74. The average molecular weight is 273 g/mol. The van der Waals surface area contributed by atoms with E-state index < -0.39 is 0 Å². The summed E-state index contributed by atoms with van der Waals surface area (Å²) in [6, 6.07) is 18.6. The van der Waals surface area contributed by atoms with Crippen LogP contribution in [0.5, 0.6) is 0 Å². The van der Waals surface area contributed by atoms with Gasteiger partial charge in [-0.25, -0.2) is 0 Å². The zero-order valence-electron chi connectivity index (χ0n) is 11.8. The molecule has 2 nitrogen and oxygen atoms in total. The zero-order valence-corrected chi connectivity index (χ0v) is 11.8. The van der Waals surface area contributed by atoms with Crippen molar-refractivity contribution < 1.29 is 4.42 Å². The number of aromatic nitrogens is 1. The number of nitrogens with zero attached hydrogens (tertiary/aromatic N) is 1. The van der Waals surface area contributed by atoms with E-state index in [1.807, 2.05) is 30.5 Å². The van der Waals surface area contributed by atoms with E-state index >= 15 is 0 Å². The third kappa shape index (κ3) is 1.83. The summed E-state index contributed by atoms with van der Waals surface area (Å²) in [6.07, 6.45) is 2.80. The van der Waals surface area contributed by atoms with Gasteiger partial charge in [0.1, 0.15) is 11.2 Å². The molecule has 0 unspecified atom stereocenters. The number of aryl methyl sites for hydroxylation is 1. The Labute approximate surface area is 123 Å². The number of pyridine rings is 1. The fraction of sp³-hybridized carbons (Fsp3) is 0.105. The standard InChI is InChI=1S/C19H15NO/c1-2-13-7-6-12-20-18(13)16-10-5-9-15-14-8-3-4-11-17(14)21-19(15)16/h3-12H,2H2,1H3.